The summed E-state index contributed by atoms with van der Waals surface area (Å²) in [4.78, 5) is 35.4. The van der Waals surface area contributed by atoms with E-state index in [4.69, 9.17) is 5.11 Å². The number of benzene rings is 2. The number of nitrogens with one attached hydrogen (secondary N) is 2. The molecule has 0 atom stereocenters. The number of aromatic carboxylic acids is 1. The number of hydrogen-bond acceptors (Lipinski definition) is 3. The van der Waals surface area contributed by atoms with E-state index in [0.717, 1.165) is 25.7 Å². The molecule has 6 heteroatoms. The molecule has 2 aromatic carbocycles. The third-order valence-corrected chi connectivity index (χ3v) is 4.47. The molecule has 134 valence electrons. The molecule has 0 saturated heterocycles. The predicted molar refractivity (Wildman–Crippen MR) is 97.5 cm³/mol. The van der Waals surface area contributed by atoms with Crippen LogP contribution in [0.15, 0.2) is 48.5 Å². The minimum Gasteiger partial charge on any atom is -0.478 e. The normalized spacial score (nSPS) is 14.0. The quantitative estimate of drug-likeness (QED) is 0.769. The maximum absolute atomic E-state index is 12.3. The monoisotopic (exact) mass is 352 g/mol. The Morgan fingerprint density at radius 1 is 0.846 bits per heavy atom. The number of carbonyl (C=O) groups excluding carboxylic acids is 2. The van der Waals surface area contributed by atoms with E-state index in [1.165, 1.54) is 18.2 Å². The highest BCUT2D eigenvalue weighted by Crippen LogP contribution is 2.18. The van der Waals surface area contributed by atoms with E-state index in [0.29, 0.717) is 11.3 Å². The zero-order chi connectivity index (χ0) is 18.5. The van der Waals surface area contributed by atoms with E-state index in [1.807, 2.05) is 0 Å². The van der Waals surface area contributed by atoms with Gasteiger partial charge in [0.1, 0.15) is 0 Å². The Morgan fingerprint density at radius 2 is 1.50 bits per heavy atom. The summed E-state index contributed by atoms with van der Waals surface area (Å²) in [6.07, 6.45) is 4.35. The van der Waals surface area contributed by atoms with Crippen molar-refractivity contribution in [3.8, 4) is 0 Å². The lowest BCUT2D eigenvalue weighted by Crippen LogP contribution is -2.32. The molecule has 3 N–H and O–H groups in total. The van der Waals surface area contributed by atoms with Crippen LogP contribution in [0.5, 0.6) is 0 Å². The van der Waals surface area contributed by atoms with Crippen LogP contribution in [0.1, 0.15) is 56.8 Å². The molecule has 6 nitrogen and oxygen atoms in total. The Labute approximate surface area is 151 Å². The lowest BCUT2D eigenvalue weighted by Gasteiger charge is -2.12. The Kier molecular flexibility index (Phi) is 5.31. The average molecular weight is 352 g/mol. The van der Waals surface area contributed by atoms with E-state index >= 15 is 0 Å². The van der Waals surface area contributed by atoms with Gasteiger partial charge in [-0.15, -0.1) is 0 Å². The molecule has 1 saturated carbocycles. The molecule has 0 aromatic heterocycles. The molecule has 0 unspecified atom stereocenters. The van der Waals surface area contributed by atoms with E-state index in [9.17, 15) is 14.4 Å². The van der Waals surface area contributed by atoms with Crippen LogP contribution >= 0.6 is 0 Å². The highest BCUT2D eigenvalue weighted by Gasteiger charge is 2.18. The van der Waals surface area contributed by atoms with Gasteiger partial charge in [0.15, 0.2) is 0 Å². The molecule has 1 aliphatic rings. The molecule has 26 heavy (non-hydrogen) atoms. The first kappa shape index (κ1) is 17.7. The Balaban J connectivity index is 1.63. The van der Waals surface area contributed by atoms with Gasteiger partial charge in [-0.1, -0.05) is 18.9 Å². The Hall–Kier alpha value is -3.15. The van der Waals surface area contributed by atoms with Crippen molar-refractivity contribution in [3.05, 3.63) is 65.2 Å². The van der Waals surface area contributed by atoms with Gasteiger partial charge < -0.3 is 15.7 Å². The third-order valence-electron chi connectivity index (χ3n) is 4.47. The van der Waals surface area contributed by atoms with Crippen LogP contribution in [-0.4, -0.2) is 28.9 Å². The minimum absolute atomic E-state index is 0.0524. The van der Waals surface area contributed by atoms with Gasteiger partial charge in [-0.05, 0) is 55.3 Å². The van der Waals surface area contributed by atoms with E-state index in [-0.39, 0.29) is 23.1 Å². The van der Waals surface area contributed by atoms with Crippen molar-refractivity contribution in [1.29, 1.82) is 0 Å². The summed E-state index contributed by atoms with van der Waals surface area (Å²) < 4.78 is 0. The largest absolute Gasteiger partial charge is 0.478 e. The number of hydrogen-bond donors (Lipinski definition) is 3. The van der Waals surface area contributed by atoms with Gasteiger partial charge >= 0.3 is 5.97 Å². The molecule has 3 rings (SSSR count). The van der Waals surface area contributed by atoms with Crippen molar-refractivity contribution >= 4 is 23.5 Å². The van der Waals surface area contributed by atoms with Gasteiger partial charge in [-0.25, -0.2) is 4.79 Å². The molecule has 2 amide bonds. The second-order valence-corrected chi connectivity index (χ2v) is 6.37. The van der Waals surface area contributed by atoms with E-state index < -0.39 is 11.9 Å². The first-order valence-electron chi connectivity index (χ1n) is 8.58. The van der Waals surface area contributed by atoms with Crippen LogP contribution in [0.25, 0.3) is 0 Å². The topological polar surface area (TPSA) is 95.5 Å². The van der Waals surface area contributed by atoms with Crippen LogP contribution in [0, 0.1) is 0 Å². The summed E-state index contributed by atoms with van der Waals surface area (Å²) in [5.41, 5.74) is 1.39. The molecule has 0 bridgehead atoms. The second kappa shape index (κ2) is 7.82. The number of carbonyl (C=O) groups is 3. The van der Waals surface area contributed by atoms with Crippen LogP contribution in [-0.2, 0) is 0 Å². The molecular formula is C20H20N2O4. The summed E-state index contributed by atoms with van der Waals surface area (Å²) in [5.74, 6) is -1.60. The number of carboxylic acid groups (broad SMARTS) is 1. The number of carboxylic acids is 1. The van der Waals surface area contributed by atoms with Crippen LogP contribution < -0.4 is 10.6 Å². The predicted octanol–water partition coefficient (Wildman–Crippen LogP) is 3.31. The molecular weight excluding hydrogens is 332 g/mol. The fraction of sp³-hybridized carbons (Fsp3) is 0.250. The summed E-state index contributed by atoms with van der Waals surface area (Å²) in [7, 11) is 0. The number of amides is 2. The van der Waals surface area contributed by atoms with Gasteiger partial charge in [0.2, 0.25) is 0 Å². The highest BCUT2D eigenvalue weighted by molar-refractivity contribution is 6.05. The van der Waals surface area contributed by atoms with Crippen molar-refractivity contribution in [2.75, 3.05) is 5.32 Å². The van der Waals surface area contributed by atoms with E-state index in [1.54, 1.807) is 30.3 Å². The third kappa shape index (κ3) is 4.27. The van der Waals surface area contributed by atoms with Gasteiger partial charge in [0, 0.05) is 22.9 Å². The highest BCUT2D eigenvalue weighted by atomic mass is 16.4. The zero-order valence-electron chi connectivity index (χ0n) is 14.2. The maximum Gasteiger partial charge on any atom is 0.335 e. The summed E-state index contributed by atoms with van der Waals surface area (Å²) in [5, 5.41) is 14.7. The summed E-state index contributed by atoms with van der Waals surface area (Å²) >= 11 is 0. The summed E-state index contributed by atoms with van der Waals surface area (Å²) in [6.45, 7) is 0. The first-order chi connectivity index (χ1) is 12.5. The fourth-order valence-electron chi connectivity index (χ4n) is 3.04. The van der Waals surface area contributed by atoms with Crippen LogP contribution in [0.4, 0.5) is 5.69 Å². The van der Waals surface area contributed by atoms with Gasteiger partial charge in [-0.2, -0.15) is 0 Å². The summed E-state index contributed by atoms with van der Waals surface area (Å²) in [6, 6.07) is 12.7. The SMILES string of the molecule is O=C(O)c1cccc(C(=O)Nc2ccc(C(=O)NC3CCCC3)cc2)c1. The first-order valence-corrected chi connectivity index (χ1v) is 8.58. The Bertz CT molecular complexity index is 824. The standard InChI is InChI=1S/C20H20N2O4/c23-18(21-16-6-1-2-7-16)13-8-10-17(11-9-13)22-19(24)14-4-3-5-15(12-14)20(25)26/h3-5,8-12,16H,1-2,6-7H2,(H,21,23)(H,22,24)(H,25,26). The van der Waals surface area contributed by atoms with Gasteiger partial charge in [-0.3, -0.25) is 9.59 Å². The Morgan fingerprint density at radius 3 is 2.15 bits per heavy atom. The molecule has 0 heterocycles. The number of rotatable bonds is 5. The van der Waals surface area contributed by atoms with Crippen LogP contribution in [0.3, 0.4) is 0 Å². The number of anilines is 1. The zero-order valence-corrected chi connectivity index (χ0v) is 14.2. The fourth-order valence-corrected chi connectivity index (χ4v) is 3.04. The second-order valence-electron chi connectivity index (χ2n) is 6.37. The minimum atomic E-state index is -1.09. The molecule has 0 radical (unpaired) electrons. The lowest BCUT2D eigenvalue weighted by atomic mass is 10.1. The smallest absolute Gasteiger partial charge is 0.335 e. The van der Waals surface area contributed by atoms with Crippen molar-refractivity contribution in [1.82, 2.24) is 5.32 Å². The van der Waals surface area contributed by atoms with Crippen molar-refractivity contribution in [2.45, 2.75) is 31.7 Å². The molecule has 2 aromatic rings. The molecule has 1 aliphatic carbocycles. The molecule has 0 spiro atoms. The van der Waals surface area contributed by atoms with Crippen LogP contribution in [0.2, 0.25) is 0 Å². The van der Waals surface area contributed by atoms with Crippen molar-refractivity contribution in [3.63, 3.8) is 0 Å². The van der Waals surface area contributed by atoms with Gasteiger partial charge in [0.05, 0.1) is 5.56 Å². The molecule has 1 fully saturated rings. The maximum atomic E-state index is 12.3. The van der Waals surface area contributed by atoms with E-state index in [2.05, 4.69) is 10.6 Å². The van der Waals surface area contributed by atoms with Gasteiger partial charge in [0.25, 0.3) is 11.8 Å². The lowest BCUT2D eigenvalue weighted by molar-refractivity contribution is 0.0696. The average Bonchev–Trinajstić information content (AvgIpc) is 3.15. The van der Waals surface area contributed by atoms with Crippen molar-refractivity contribution in [2.24, 2.45) is 0 Å². The van der Waals surface area contributed by atoms with Crippen molar-refractivity contribution < 1.29 is 19.5 Å². The molecule has 0 aliphatic heterocycles.